The van der Waals surface area contributed by atoms with Gasteiger partial charge in [0.15, 0.2) is 5.82 Å². The Morgan fingerprint density at radius 3 is 2.65 bits per heavy atom. The van der Waals surface area contributed by atoms with Crippen LogP contribution in [0.25, 0.3) is 5.82 Å². The summed E-state index contributed by atoms with van der Waals surface area (Å²) in [6.45, 7) is 4.35. The largest absolute Gasteiger partial charge is 0.334 e. The molecule has 0 saturated heterocycles. The molecule has 134 valence electrons. The van der Waals surface area contributed by atoms with E-state index in [4.69, 9.17) is 0 Å². The number of nitrogens with zero attached hydrogens (tertiary/aromatic N) is 3. The molecule has 7 heteroatoms. The first-order chi connectivity index (χ1) is 12.6. The average molecular weight is 367 g/mol. The van der Waals surface area contributed by atoms with E-state index in [2.05, 4.69) is 20.7 Å². The number of thioether (sulfide) groups is 1. The van der Waals surface area contributed by atoms with Crippen LogP contribution in [0, 0.1) is 13.8 Å². The number of amides is 2. The van der Waals surface area contributed by atoms with E-state index in [1.807, 2.05) is 62.6 Å². The number of rotatable bonds is 5. The van der Waals surface area contributed by atoms with E-state index in [9.17, 15) is 4.79 Å². The minimum Gasteiger partial charge on any atom is -0.334 e. The fourth-order valence-corrected chi connectivity index (χ4v) is 3.16. The molecule has 0 aliphatic carbocycles. The van der Waals surface area contributed by atoms with Crippen molar-refractivity contribution in [1.29, 1.82) is 0 Å². The molecule has 2 amide bonds. The summed E-state index contributed by atoms with van der Waals surface area (Å²) in [7, 11) is 0. The summed E-state index contributed by atoms with van der Waals surface area (Å²) in [4.78, 5) is 17.6. The number of pyridine rings is 1. The van der Waals surface area contributed by atoms with Crippen molar-refractivity contribution in [3.05, 3.63) is 65.6 Å². The number of urea groups is 1. The molecule has 6 nitrogen and oxygen atoms in total. The Morgan fingerprint density at radius 1 is 1.19 bits per heavy atom. The van der Waals surface area contributed by atoms with E-state index in [1.165, 1.54) is 0 Å². The SMILES string of the molecule is CSc1ccccc1NC(=O)NCc1ccc(-n2nc(C)cc2C)nc1. The minimum atomic E-state index is -0.242. The molecule has 1 aromatic carbocycles. The Balaban J connectivity index is 1.59. The molecule has 0 aliphatic heterocycles. The van der Waals surface area contributed by atoms with Crippen molar-refractivity contribution in [3.8, 4) is 5.82 Å². The standard InChI is InChI=1S/C19H21N5OS/c1-13-10-14(2)24(23-13)18-9-8-15(11-20-18)12-21-19(25)22-16-6-4-5-7-17(16)26-3/h4-11H,12H2,1-3H3,(H2,21,22,25). The molecule has 0 bridgehead atoms. The van der Waals surface area contributed by atoms with Crippen LogP contribution < -0.4 is 10.6 Å². The fraction of sp³-hybridized carbons (Fsp3) is 0.211. The van der Waals surface area contributed by atoms with Gasteiger partial charge in [-0.15, -0.1) is 11.8 Å². The maximum absolute atomic E-state index is 12.1. The normalized spacial score (nSPS) is 10.6. The van der Waals surface area contributed by atoms with E-state index in [1.54, 1.807) is 22.6 Å². The van der Waals surface area contributed by atoms with Crippen molar-refractivity contribution >= 4 is 23.5 Å². The van der Waals surface area contributed by atoms with Crippen LogP contribution in [0.15, 0.2) is 53.6 Å². The van der Waals surface area contributed by atoms with Crippen molar-refractivity contribution in [1.82, 2.24) is 20.1 Å². The predicted molar refractivity (Wildman–Crippen MR) is 105 cm³/mol. The zero-order valence-corrected chi connectivity index (χ0v) is 15.8. The summed E-state index contributed by atoms with van der Waals surface area (Å²) in [5.41, 5.74) is 3.71. The topological polar surface area (TPSA) is 71.8 Å². The van der Waals surface area contributed by atoms with E-state index < -0.39 is 0 Å². The van der Waals surface area contributed by atoms with Crippen LogP contribution in [-0.2, 0) is 6.54 Å². The molecule has 0 unspecified atom stereocenters. The Hall–Kier alpha value is -2.80. The molecule has 0 atom stereocenters. The number of aromatic nitrogens is 3. The van der Waals surface area contributed by atoms with Gasteiger partial charge in [-0.05, 0) is 49.9 Å². The van der Waals surface area contributed by atoms with Gasteiger partial charge in [-0.2, -0.15) is 5.10 Å². The van der Waals surface area contributed by atoms with E-state index in [-0.39, 0.29) is 6.03 Å². The third-order valence-electron chi connectivity index (χ3n) is 3.84. The molecule has 0 aliphatic rings. The van der Waals surface area contributed by atoms with Gasteiger partial charge in [-0.3, -0.25) is 0 Å². The third kappa shape index (κ3) is 4.23. The second-order valence-electron chi connectivity index (χ2n) is 5.87. The predicted octanol–water partition coefficient (Wildman–Crippen LogP) is 3.93. The van der Waals surface area contributed by atoms with Crippen molar-refractivity contribution in [3.63, 3.8) is 0 Å². The molecular formula is C19H21N5OS. The number of carbonyl (C=O) groups excluding carboxylic acids is 1. The summed E-state index contributed by atoms with van der Waals surface area (Å²) >= 11 is 1.59. The second-order valence-corrected chi connectivity index (χ2v) is 6.72. The minimum absolute atomic E-state index is 0.242. The highest BCUT2D eigenvalue weighted by molar-refractivity contribution is 7.98. The first-order valence-electron chi connectivity index (χ1n) is 8.23. The lowest BCUT2D eigenvalue weighted by atomic mass is 10.3. The molecule has 26 heavy (non-hydrogen) atoms. The van der Waals surface area contributed by atoms with E-state index in [0.29, 0.717) is 6.54 Å². The van der Waals surface area contributed by atoms with Crippen molar-refractivity contribution in [2.24, 2.45) is 0 Å². The maximum Gasteiger partial charge on any atom is 0.319 e. The Labute approximate surface area is 157 Å². The molecule has 3 aromatic rings. The monoisotopic (exact) mass is 367 g/mol. The van der Waals surface area contributed by atoms with Crippen LogP contribution >= 0.6 is 11.8 Å². The summed E-state index contributed by atoms with van der Waals surface area (Å²) in [6, 6.07) is 13.3. The molecular weight excluding hydrogens is 346 g/mol. The van der Waals surface area contributed by atoms with Crippen LogP contribution in [0.4, 0.5) is 10.5 Å². The van der Waals surface area contributed by atoms with Gasteiger partial charge < -0.3 is 10.6 Å². The number of para-hydroxylation sites is 1. The van der Waals surface area contributed by atoms with Crippen LogP contribution in [-0.4, -0.2) is 27.1 Å². The van der Waals surface area contributed by atoms with Crippen molar-refractivity contribution < 1.29 is 4.79 Å². The lowest BCUT2D eigenvalue weighted by Gasteiger charge is -2.11. The fourth-order valence-electron chi connectivity index (χ4n) is 2.60. The summed E-state index contributed by atoms with van der Waals surface area (Å²) < 4.78 is 1.80. The van der Waals surface area contributed by atoms with E-state index in [0.717, 1.165) is 33.4 Å². The zero-order chi connectivity index (χ0) is 18.5. The Bertz CT molecular complexity index is 905. The van der Waals surface area contributed by atoms with Crippen LogP contribution in [0.5, 0.6) is 0 Å². The summed E-state index contributed by atoms with van der Waals surface area (Å²) in [5.74, 6) is 0.762. The van der Waals surface area contributed by atoms with Gasteiger partial charge in [0.25, 0.3) is 0 Å². The molecule has 0 spiro atoms. The second kappa shape index (κ2) is 8.05. The Morgan fingerprint density at radius 2 is 2.00 bits per heavy atom. The highest BCUT2D eigenvalue weighted by Crippen LogP contribution is 2.24. The number of anilines is 1. The summed E-state index contributed by atoms with van der Waals surface area (Å²) in [6.07, 6.45) is 3.73. The lowest BCUT2D eigenvalue weighted by molar-refractivity contribution is 0.251. The van der Waals surface area contributed by atoms with Gasteiger partial charge >= 0.3 is 6.03 Å². The van der Waals surface area contributed by atoms with Gasteiger partial charge in [0.05, 0.1) is 11.4 Å². The molecule has 0 fully saturated rings. The van der Waals surface area contributed by atoms with Crippen LogP contribution in [0.2, 0.25) is 0 Å². The van der Waals surface area contributed by atoms with Gasteiger partial charge in [0, 0.05) is 23.3 Å². The molecule has 2 aromatic heterocycles. The zero-order valence-electron chi connectivity index (χ0n) is 15.0. The summed E-state index contributed by atoms with van der Waals surface area (Å²) in [5, 5.41) is 10.1. The molecule has 0 saturated carbocycles. The number of hydrogen-bond donors (Lipinski definition) is 2. The number of carbonyl (C=O) groups is 1. The smallest absolute Gasteiger partial charge is 0.319 e. The third-order valence-corrected chi connectivity index (χ3v) is 4.64. The molecule has 3 rings (SSSR count). The number of hydrogen-bond acceptors (Lipinski definition) is 4. The number of benzene rings is 1. The van der Waals surface area contributed by atoms with Crippen LogP contribution in [0.1, 0.15) is 17.0 Å². The average Bonchev–Trinajstić information content (AvgIpc) is 2.99. The van der Waals surface area contributed by atoms with Gasteiger partial charge in [0.1, 0.15) is 0 Å². The lowest BCUT2D eigenvalue weighted by Crippen LogP contribution is -2.28. The van der Waals surface area contributed by atoms with E-state index >= 15 is 0 Å². The first kappa shape index (κ1) is 18.0. The van der Waals surface area contributed by atoms with Crippen molar-refractivity contribution in [2.75, 3.05) is 11.6 Å². The highest BCUT2D eigenvalue weighted by atomic mass is 32.2. The highest BCUT2D eigenvalue weighted by Gasteiger charge is 2.07. The number of aryl methyl sites for hydroxylation is 2. The maximum atomic E-state index is 12.1. The van der Waals surface area contributed by atoms with Crippen LogP contribution in [0.3, 0.4) is 0 Å². The van der Waals surface area contributed by atoms with Gasteiger partial charge in [-0.1, -0.05) is 18.2 Å². The first-order valence-corrected chi connectivity index (χ1v) is 9.46. The molecule has 2 N–H and O–H groups in total. The van der Waals surface area contributed by atoms with Crippen molar-refractivity contribution in [2.45, 2.75) is 25.3 Å². The Kier molecular flexibility index (Phi) is 5.58. The molecule has 2 heterocycles. The number of nitrogens with one attached hydrogen (secondary N) is 2. The van der Waals surface area contributed by atoms with Gasteiger partial charge in [-0.25, -0.2) is 14.5 Å². The molecule has 0 radical (unpaired) electrons. The quantitative estimate of drug-likeness (QED) is 0.670. The van der Waals surface area contributed by atoms with Gasteiger partial charge in [0.2, 0.25) is 0 Å².